The summed E-state index contributed by atoms with van der Waals surface area (Å²) in [5.41, 5.74) is 1.16. The van der Waals surface area contributed by atoms with Gasteiger partial charge < -0.3 is 9.73 Å². The van der Waals surface area contributed by atoms with Crippen molar-refractivity contribution in [1.29, 1.82) is 0 Å². The summed E-state index contributed by atoms with van der Waals surface area (Å²) in [5, 5.41) is 17.2. The molecule has 0 radical (unpaired) electrons. The van der Waals surface area contributed by atoms with E-state index in [0.717, 1.165) is 0 Å². The lowest BCUT2D eigenvalue weighted by atomic mass is 10.1. The van der Waals surface area contributed by atoms with Crippen LogP contribution >= 0.6 is 0 Å². The topological polar surface area (TPSA) is 117 Å². The lowest BCUT2D eigenvalue weighted by Gasteiger charge is -2.05. The van der Waals surface area contributed by atoms with Crippen LogP contribution in [0.1, 0.15) is 16.2 Å². The molecule has 1 amide bonds. The van der Waals surface area contributed by atoms with Crippen molar-refractivity contribution in [3.8, 4) is 11.5 Å². The molecule has 25 heavy (non-hydrogen) atoms. The van der Waals surface area contributed by atoms with Crippen LogP contribution in [0.2, 0.25) is 0 Å². The maximum atomic E-state index is 12.3. The third-order valence-corrected chi connectivity index (χ3v) is 3.79. The number of aromatic nitrogens is 4. The van der Waals surface area contributed by atoms with E-state index in [9.17, 15) is 9.59 Å². The van der Waals surface area contributed by atoms with Crippen molar-refractivity contribution in [2.45, 2.75) is 6.54 Å². The number of rotatable bonds is 4. The van der Waals surface area contributed by atoms with Gasteiger partial charge in [0.15, 0.2) is 11.5 Å². The minimum Gasteiger partial charge on any atom is -0.463 e. The molecule has 124 valence electrons. The summed E-state index contributed by atoms with van der Waals surface area (Å²) in [4.78, 5) is 24.1. The van der Waals surface area contributed by atoms with E-state index in [1.54, 1.807) is 42.7 Å². The van der Waals surface area contributed by atoms with E-state index in [1.807, 2.05) is 6.07 Å². The Morgan fingerprint density at radius 2 is 1.92 bits per heavy atom. The molecule has 4 aromatic rings. The maximum Gasteiger partial charge on any atom is 0.272 e. The molecular weight excluding hydrogens is 322 g/mol. The first-order valence-electron chi connectivity index (χ1n) is 7.56. The van der Waals surface area contributed by atoms with Crippen LogP contribution in [-0.4, -0.2) is 26.3 Å². The molecule has 8 heteroatoms. The molecule has 3 heterocycles. The number of fused-ring (bicyclic) bond motifs is 1. The van der Waals surface area contributed by atoms with Crippen LogP contribution in [0.4, 0.5) is 0 Å². The number of H-pyrrole nitrogens is 2. The standard InChI is InChI=1S/C17H13N5O3/c23-16-11-5-2-1-4-10(11)14(21-22-16)9-18-17(24)13-8-12(19-20-13)15-6-3-7-25-15/h1-8H,9H2,(H,18,24)(H,19,20)(H,22,23). The van der Waals surface area contributed by atoms with E-state index >= 15 is 0 Å². The van der Waals surface area contributed by atoms with Crippen molar-refractivity contribution in [2.75, 3.05) is 0 Å². The molecule has 0 bridgehead atoms. The molecule has 3 aromatic heterocycles. The molecule has 0 aliphatic heterocycles. The Labute approximate surface area is 140 Å². The third-order valence-electron chi connectivity index (χ3n) is 3.79. The summed E-state index contributed by atoms with van der Waals surface area (Å²) in [7, 11) is 0. The van der Waals surface area contributed by atoms with Crippen LogP contribution in [0.25, 0.3) is 22.2 Å². The second-order valence-corrected chi connectivity index (χ2v) is 5.37. The highest BCUT2D eigenvalue weighted by atomic mass is 16.3. The smallest absolute Gasteiger partial charge is 0.272 e. The molecule has 0 saturated carbocycles. The Kier molecular flexibility index (Phi) is 3.62. The van der Waals surface area contributed by atoms with E-state index in [-0.39, 0.29) is 23.7 Å². The predicted molar refractivity (Wildman–Crippen MR) is 89.8 cm³/mol. The summed E-state index contributed by atoms with van der Waals surface area (Å²) < 4.78 is 5.25. The number of furan rings is 1. The second kappa shape index (κ2) is 6.08. The Bertz CT molecular complexity index is 1090. The molecule has 8 nitrogen and oxygen atoms in total. The van der Waals surface area contributed by atoms with Crippen LogP contribution < -0.4 is 10.9 Å². The van der Waals surface area contributed by atoms with Gasteiger partial charge in [-0.1, -0.05) is 18.2 Å². The summed E-state index contributed by atoms with van der Waals surface area (Å²) in [6.07, 6.45) is 1.54. The van der Waals surface area contributed by atoms with Crippen LogP contribution in [0, 0.1) is 0 Å². The zero-order valence-corrected chi connectivity index (χ0v) is 12.9. The van der Waals surface area contributed by atoms with Crippen molar-refractivity contribution in [3.05, 3.63) is 70.5 Å². The number of amides is 1. The Morgan fingerprint density at radius 1 is 1.08 bits per heavy atom. The van der Waals surface area contributed by atoms with Crippen LogP contribution in [0.15, 0.2) is 57.9 Å². The van der Waals surface area contributed by atoms with Gasteiger partial charge in [0, 0.05) is 11.5 Å². The first kappa shape index (κ1) is 14.9. The quantitative estimate of drug-likeness (QED) is 0.526. The van der Waals surface area contributed by atoms with Gasteiger partial charge in [-0.3, -0.25) is 14.7 Å². The monoisotopic (exact) mass is 335 g/mol. The fourth-order valence-electron chi connectivity index (χ4n) is 2.56. The van der Waals surface area contributed by atoms with E-state index in [1.165, 1.54) is 0 Å². The van der Waals surface area contributed by atoms with E-state index in [2.05, 4.69) is 25.7 Å². The van der Waals surface area contributed by atoms with Crippen molar-refractivity contribution in [1.82, 2.24) is 25.7 Å². The number of carbonyl (C=O) groups excluding carboxylic acids is 1. The number of nitrogens with one attached hydrogen (secondary N) is 3. The molecule has 0 atom stereocenters. The number of hydrogen-bond donors (Lipinski definition) is 3. The summed E-state index contributed by atoms with van der Waals surface area (Å²) in [5.74, 6) is 0.242. The zero-order chi connectivity index (χ0) is 17.2. The van der Waals surface area contributed by atoms with E-state index in [0.29, 0.717) is 27.9 Å². The molecular formula is C17H13N5O3. The largest absolute Gasteiger partial charge is 0.463 e. The molecule has 0 spiro atoms. The van der Waals surface area contributed by atoms with Crippen LogP contribution in [0.3, 0.4) is 0 Å². The highest BCUT2D eigenvalue weighted by molar-refractivity contribution is 5.93. The molecule has 0 aliphatic carbocycles. The maximum absolute atomic E-state index is 12.3. The predicted octanol–water partition coefficient (Wildman–Crippen LogP) is 1.84. The first-order valence-corrected chi connectivity index (χ1v) is 7.56. The SMILES string of the molecule is O=C(NCc1n[nH]c(=O)c2ccccc12)c1cc(-c2ccco2)[nH]n1. The van der Waals surface area contributed by atoms with Gasteiger partial charge >= 0.3 is 0 Å². The fraction of sp³-hybridized carbons (Fsp3) is 0.0588. The van der Waals surface area contributed by atoms with Gasteiger partial charge in [0.1, 0.15) is 5.69 Å². The molecule has 4 rings (SSSR count). The van der Waals surface area contributed by atoms with Gasteiger partial charge in [-0.25, -0.2) is 5.10 Å². The van der Waals surface area contributed by atoms with Crippen molar-refractivity contribution < 1.29 is 9.21 Å². The number of hydrogen-bond acceptors (Lipinski definition) is 5. The normalized spacial score (nSPS) is 10.9. The molecule has 3 N–H and O–H groups in total. The van der Waals surface area contributed by atoms with E-state index in [4.69, 9.17) is 4.42 Å². The van der Waals surface area contributed by atoms with Crippen LogP contribution in [0.5, 0.6) is 0 Å². The zero-order valence-electron chi connectivity index (χ0n) is 12.9. The average Bonchev–Trinajstić information content (AvgIpc) is 3.32. The van der Waals surface area contributed by atoms with Crippen molar-refractivity contribution >= 4 is 16.7 Å². The van der Waals surface area contributed by atoms with Crippen molar-refractivity contribution in [3.63, 3.8) is 0 Å². The minimum atomic E-state index is -0.355. The highest BCUT2D eigenvalue weighted by Crippen LogP contribution is 2.18. The molecule has 0 saturated heterocycles. The lowest BCUT2D eigenvalue weighted by Crippen LogP contribution is -2.25. The van der Waals surface area contributed by atoms with Gasteiger partial charge in [-0.05, 0) is 18.2 Å². The van der Waals surface area contributed by atoms with E-state index < -0.39 is 0 Å². The Balaban J connectivity index is 1.53. The van der Waals surface area contributed by atoms with Gasteiger partial charge in [0.2, 0.25) is 0 Å². The van der Waals surface area contributed by atoms with Gasteiger partial charge in [0.25, 0.3) is 11.5 Å². The highest BCUT2D eigenvalue weighted by Gasteiger charge is 2.14. The molecule has 0 aliphatic rings. The molecule has 1 aromatic carbocycles. The number of benzene rings is 1. The Hall–Kier alpha value is -3.68. The molecule has 0 unspecified atom stereocenters. The van der Waals surface area contributed by atoms with Gasteiger partial charge in [-0.15, -0.1) is 0 Å². The lowest BCUT2D eigenvalue weighted by molar-refractivity contribution is 0.0945. The van der Waals surface area contributed by atoms with Crippen molar-refractivity contribution in [2.24, 2.45) is 0 Å². The summed E-state index contributed by atoms with van der Waals surface area (Å²) in [6.45, 7) is 0.166. The number of nitrogens with zero attached hydrogens (tertiary/aromatic N) is 2. The van der Waals surface area contributed by atoms with Crippen LogP contribution in [-0.2, 0) is 6.54 Å². The summed E-state index contributed by atoms with van der Waals surface area (Å²) >= 11 is 0. The first-order chi connectivity index (χ1) is 12.2. The Morgan fingerprint density at radius 3 is 2.72 bits per heavy atom. The number of aromatic amines is 2. The fourth-order valence-corrected chi connectivity index (χ4v) is 2.56. The minimum absolute atomic E-state index is 0.166. The second-order valence-electron chi connectivity index (χ2n) is 5.37. The average molecular weight is 335 g/mol. The summed E-state index contributed by atoms with van der Waals surface area (Å²) in [6, 6.07) is 12.2. The third kappa shape index (κ3) is 2.80. The van der Waals surface area contributed by atoms with Gasteiger partial charge in [-0.2, -0.15) is 10.2 Å². The molecule has 0 fully saturated rings. The van der Waals surface area contributed by atoms with Gasteiger partial charge in [0.05, 0.1) is 23.9 Å². The number of carbonyl (C=O) groups is 1.